The van der Waals surface area contributed by atoms with E-state index in [1.807, 2.05) is 0 Å². The van der Waals surface area contributed by atoms with E-state index in [1.165, 1.54) is 19.3 Å². The summed E-state index contributed by atoms with van der Waals surface area (Å²) in [5.41, 5.74) is 0. The van der Waals surface area contributed by atoms with Crippen LogP contribution in [-0.2, 0) is 0 Å². The summed E-state index contributed by atoms with van der Waals surface area (Å²) in [6.45, 7) is 0. The van der Waals surface area contributed by atoms with Gasteiger partial charge >= 0.3 is 0 Å². The van der Waals surface area contributed by atoms with E-state index in [2.05, 4.69) is 24.3 Å². The van der Waals surface area contributed by atoms with Gasteiger partial charge in [-0.3, -0.25) is 0 Å². The smallest absolute Gasteiger partial charge is 0.0258 e. The van der Waals surface area contributed by atoms with Gasteiger partial charge in [0.15, 0.2) is 0 Å². The Morgan fingerprint density at radius 3 is 2.40 bits per heavy atom. The van der Waals surface area contributed by atoms with Crippen LogP contribution < -0.4 is 5.32 Å². The van der Waals surface area contributed by atoms with Gasteiger partial charge < -0.3 is 10.2 Å². The summed E-state index contributed by atoms with van der Waals surface area (Å²) in [5.74, 6) is 0. The first kappa shape index (κ1) is 6.62. The lowest BCUT2D eigenvalue weighted by atomic mass is 9.95. The third kappa shape index (κ3) is 0.867. The number of nitrogens with zero attached hydrogens (tertiary/aromatic N) is 1. The Kier molecular flexibility index (Phi) is 1.46. The van der Waals surface area contributed by atoms with Crippen molar-refractivity contribution < 1.29 is 0 Å². The molecule has 0 radical (unpaired) electrons. The molecule has 1 N–H and O–H groups in total. The zero-order valence-corrected chi connectivity index (χ0v) is 6.80. The highest BCUT2D eigenvalue weighted by molar-refractivity contribution is 5.00. The molecule has 10 heavy (non-hydrogen) atoms. The second-order valence-corrected chi connectivity index (χ2v) is 3.81. The van der Waals surface area contributed by atoms with Gasteiger partial charge in [0, 0.05) is 18.1 Å². The molecular weight excluding hydrogens is 124 g/mol. The van der Waals surface area contributed by atoms with Crippen LogP contribution in [0.1, 0.15) is 19.3 Å². The van der Waals surface area contributed by atoms with E-state index in [1.54, 1.807) is 0 Å². The quantitative estimate of drug-likeness (QED) is 0.568. The summed E-state index contributed by atoms with van der Waals surface area (Å²) < 4.78 is 0. The van der Waals surface area contributed by atoms with Crippen molar-refractivity contribution in [3.63, 3.8) is 0 Å². The second-order valence-electron chi connectivity index (χ2n) is 3.81. The zero-order valence-electron chi connectivity index (χ0n) is 6.80. The van der Waals surface area contributed by atoms with E-state index in [4.69, 9.17) is 0 Å². The van der Waals surface area contributed by atoms with Gasteiger partial charge in [-0.1, -0.05) is 0 Å². The predicted octanol–water partition coefficient (Wildman–Crippen LogP) is 0.441. The fourth-order valence-corrected chi connectivity index (χ4v) is 2.37. The van der Waals surface area contributed by atoms with Gasteiger partial charge in [0.1, 0.15) is 0 Å². The van der Waals surface area contributed by atoms with E-state index < -0.39 is 0 Å². The van der Waals surface area contributed by atoms with Crippen LogP contribution in [0.2, 0.25) is 0 Å². The maximum atomic E-state index is 3.62. The molecular formula is C8H16N2. The molecule has 2 nitrogen and oxygen atoms in total. The highest BCUT2D eigenvalue weighted by Gasteiger charge is 2.39. The third-order valence-electron chi connectivity index (χ3n) is 2.93. The lowest BCUT2D eigenvalue weighted by molar-refractivity contribution is 0.250. The SMILES string of the molecule is CN(C)[C@@H]1C[C@H]2CC[C@@H]1N2. The Morgan fingerprint density at radius 2 is 2.10 bits per heavy atom. The topological polar surface area (TPSA) is 15.3 Å². The van der Waals surface area contributed by atoms with Crippen LogP contribution in [0.25, 0.3) is 0 Å². The summed E-state index contributed by atoms with van der Waals surface area (Å²) >= 11 is 0. The van der Waals surface area contributed by atoms with Crippen LogP contribution in [0.4, 0.5) is 0 Å². The largest absolute Gasteiger partial charge is 0.310 e. The van der Waals surface area contributed by atoms with Gasteiger partial charge in [0.25, 0.3) is 0 Å². The molecule has 0 aliphatic carbocycles. The Labute approximate surface area is 62.6 Å². The minimum atomic E-state index is 0.806. The van der Waals surface area contributed by atoms with Crippen LogP contribution in [0.15, 0.2) is 0 Å². The summed E-state index contributed by atoms with van der Waals surface area (Å²) in [6.07, 6.45) is 4.18. The van der Waals surface area contributed by atoms with Crippen molar-refractivity contribution in [2.24, 2.45) is 0 Å². The van der Waals surface area contributed by atoms with Gasteiger partial charge in [-0.05, 0) is 33.4 Å². The summed E-state index contributed by atoms with van der Waals surface area (Å²) in [5, 5.41) is 3.62. The molecule has 0 amide bonds. The maximum Gasteiger partial charge on any atom is 0.0258 e. The molecule has 2 fully saturated rings. The molecule has 2 bridgehead atoms. The zero-order chi connectivity index (χ0) is 7.14. The van der Waals surface area contributed by atoms with Crippen LogP contribution in [0, 0.1) is 0 Å². The van der Waals surface area contributed by atoms with Crippen molar-refractivity contribution in [3.05, 3.63) is 0 Å². The van der Waals surface area contributed by atoms with E-state index >= 15 is 0 Å². The Hall–Kier alpha value is -0.0800. The molecule has 2 aliphatic rings. The van der Waals surface area contributed by atoms with Gasteiger partial charge in [0.2, 0.25) is 0 Å². The van der Waals surface area contributed by atoms with E-state index in [0.29, 0.717) is 0 Å². The minimum Gasteiger partial charge on any atom is -0.310 e. The van der Waals surface area contributed by atoms with E-state index in [9.17, 15) is 0 Å². The van der Waals surface area contributed by atoms with Gasteiger partial charge in [-0.25, -0.2) is 0 Å². The summed E-state index contributed by atoms with van der Waals surface area (Å²) in [6, 6.07) is 2.47. The van der Waals surface area contributed by atoms with Crippen LogP contribution in [0.3, 0.4) is 0 Å². The molecule has 3 atom stereocenters. The molecule has 58 valence electrons. The van der Waals surface area contributed by atoms with Crippen molar-refractivity contribution in [1.29, 1.82) is 0 Å². The molecule has 0 aromatic carbocycles. The molecule has 0 unspecified atom stereocenters. The average molecular weight is 140 g/mol. The van der Waals surface area contributed by atoms with Gasteiger partial charge in [-0.15, -0.1) is 0 Å². The Balaban J connectivity index is 2.02. The monoisotopic (exact) mass is 140 g/mol. The van der Waals surface area contributed by atoms with Crippen molar-refractivity contribution in [2.45, 2.75) is 37.4 Å². The second kappa shape index (κ2) is 2.21. The highest BCUT2D eigenvalue weighted by Crippen LogP contribution is 2.30. The molecule has 2 heteroatoms. The average Bonchev–Trinajstić information content (AvgIpc) is 2.44. The van der Waals surface area contributed by atoms with Crippen molar-refractivity contribution in [1.82, 2.24) is 10.2 Å². The fourth-order valence-electron chi connectivity index (χ4n) is 2.37. The predicted molar refractivity (Wildman–Crippen MR) is 42.0 cm³/mol. The van der Waals surface area contributed by atoms with E-state index in [0.717, 1.165) is 18.1 Å². The number of likely N-dealkylation sites (N-methyl/N-ethyl adjacent to an activating group) is 1. The van der Waals surface area contributed by atoms with E-state index in [-0.39, 0.29) is 0 Å². The Bertz CT molecular complexity index is 133. The molecule has 0 aromatic rings. The minimum absolute atomic E-state index is 0.806. The third-order valence-corrected chi connectivity index (χ3v) is 2.93. The van der Waals surface area contributed by atoms with Crippen molar-refractivity contribution in [2.75, 3.05) is 14.1 Å². The molecule has 0 spiro atoms. The lowest BCUT2D eigenvalue weighted by Crippen LogP contribution is -2.38. The molecule has 2 aliphatic heterocycles. The first-order chi connectivity index (χ1) is 4.77. The van der Waals surface area contributed by atoms with Crippen LogP contribution in [-0.4, -0.2) is 37.1 Å². The van der Waals surface area contributed by atoms with Crippen molar-refractivity contribution in [3.8, 4) is 0 Å². The Morgan fingerprint density at radius 1 is 1.30 bits per heavy atom. The lowest BCUT2D eigenvalue weighted by Gasteiger charge is -2.26. The van der Waals surface area contributed by atoms with Gasteiger partial charge in [-0.2, -0.15) is 0 Å². The molecule has 2 saturated heterocycles. The summed E-state index contributed by atoms with van der Waals surface area (Å²) in [7, 11) is 4.38. The highest BCUT2D eigenvalue weighted by atomic mass is 15.2. The standard InChI is InChI=1S/C8H16N2/c1-10(2)8-5-6-3-4-7(8)9-6/h6-9H,3-5H2,1-2H3/t6-,7+,8-/m1/s1. The normalized spacial score (nSPS) is 45.3. The fraction of sp³-hybridized carbons (Fsp3) is 1.00. The number of fused-ring (bicyclic) bond motifs is 2. The van der Waals surface area contributed by atoms with Crippen molar-refractivity contribution >= 4 is 0 Å². The van der Waals surface area contributed by atoms with Crippen LogP contribution in [0.5, 0.6) is 0 Å². The molecule has 2 heterocycles. The number of hydrogen-bond donors (Lipinski definition) is 1. The summed E-state index contributed by atoms with van der Waals surface area (Å²) in [4.78, 5) is 2.36. The number of nitrogens with one attached hydrogen (secondary N) is 1. The van der Waals surface area contributed by atoms with Gasteiger partial charge in [0.05, 0.1) is 0 Å². The first-order valence-corrected chi connectivity index (χ1v) is 4.20. The van der Waals surface area contributed by atoms with Crippen LogP contribution >= 0.6 is 0 Å². The molecule has 2 rings (SSSR count). The molecule has 0 aromatic heterocycles. The molecule has 0 saturated carbocycles. The number of hydrogen-bond acceptors (Lipinski definition) is 2. The number of rotatable bonds is 1. The first-order valence-electron chi connectivity index (χ1n) is 4.20. The maximum absolute atomic E-state index is 3.62.